The Morgan fingerprint density at radius 2 is 1.64 bits per heavy atom. The molecule has 1 aliphatic rings. The topological polar surface area (TPSA) is 88.8 Å². The van der Waals surface area contributed by atoms with Crippen molar-refractivity contribution in [3.05, 3.63) is 83.8 Å². The molecular weight excluding hydrogens is 358 g/mol. The molecule has 142 valence electrons. The van der Waals surface area contributed by atoms with Crippen LogP contribution in [0.3, 0.4) is 0 Å². The van der Waals surface area contributed by atoms with Crippen LogP contribution in [0.1, 0.15) is 35.3 Å². The van der Waals surface area contributed by atoms with Gasteiger partial charge in [0.1, 0.15) is 18.4 Å². The fraction of sp³-hybridized carbons (Fsp3) is 0.182. The van der Waals surface area contributed by atoms with E-state index in [4.69, 9.17) is 14.3 Å². The molecule has 1 aromatic heterocycles. The summed E-state index contributed by atoms with van der Waals surface area (Å²) in [5.41, 5.74) is 4.52. The summed E-state index contributed by atoms with van der Waals surface area (Å²) in [5, 5.41) is 11.7. The second-order valence-corrected chi connectivity index (χ2v) is 6.64. The van der Waals surface area contributed by atoms with E-state index < -0.39 is 18.1 Å². The number of carboxylic acid groups (broad SMARTS) is 1. The van der Waals surface area contributed by atoms with Gasteiger partial charge in [0, 0.05) is 5.92 Å². The maximum atomic E-state index is 12.3. The minimum absolute atomic E-state index is 0.0558. The van der Waals surface area contributed by atoms with Crippen LogP contribution in [0.4, 0.5) is 4.79 Å². The lowest BCUT2D eigenvalue weighted by molar-refractivity contribution is -0.137. The molecule has 0 unspecified atom stereocenters. The lowest BCUT2D eigenvalue weighted by Gasteiger charge is -2.17. The number of nitrogens with one attached hydrogen (secondary N) is 1. The molecule has 0 fully saturated rings. The number of carbonyl (C=O) groups is 2. The van der Waals surface area contributed by atoms with E-state index in [0.717, 1.165) is 22.3 Å². The summed E-state index contributed by atoms with van der Waals surface area (Å²) in [6.07, 6.45) is 0.464. The molecule has 6 heteroatoms. The summed E-state index contributed by atoms with van der Waals surface area (Å²) in [7, 11) is 0. The van der Waals surface area contributed by atoms with Gasteiger partial charge in [-0.25, -0.2) is 4.79 Å². The maximum Gasteiger partial charge on any atom is 0.407 e. The summed E-state index contributed by atoms with van der Waals surface area (Å²) in [6.45, 7) is 0.164. The third-order valence-electron chi connectivity index (χ3n) is 4.90. The SMILES string of the molecule is O=C(O)C[C@@H](NC(=O)OCC1c2ccccc2-c2ccccc21)c1ccco1. The zero-order valence-electron chi connectivity index (χ0n) is 15.0. The highest BCUT2D eigenvalue weighted by Crippen LogP contribution is 2.44. The van der Waals surface area contributed by atoms with E-state index in [1.807, 2.05) is 36.4 Å². The number of amides is 1. The van der Waals surface area contributed by atoms with E-state index in [1.54, 1.807) is 12.1 Å². The van der Waals surface area contributed by atoms with E-state index in [1.165, 1.54) is 6.26 Å². The van der Waals surface area contributed by atoms with Crippen LogP contribution in [0.5, 0.6) is 0 Å². The number of hydrogen-bond donors (Lipinski definition) is 2. The van der Waals surface area contributed by atoms with E-state index in [2.05, 4.69) is 17.4 Å². The quantitative estimate of drug-likeness (QED) is 0.667. The van der Waals surface area contributed by atoms with Crippen LogP contribution in [-0.2, 0) is 9.53 Å². The van der Waals surface area contributed by atoms with Gasteiger partial charge in [0.2, 0.25) is 0 Å². The van der Waals surface area contributed by atoms with E-state index >= 15 is 0 Å². The number of furan rings is 1. The van der Waals surface area contributed by atoms with Crippen molar-refractivity contribution in [1.29, 1.82) is 0 Å². The van der Waals surface area contributed by atoms with Gasteiger partial charge in [0.05, 0.1) is 12.7 Å². The van der Waals surface area contributed by atoms with Crippen molar-refractivity contribution in [2.24, 2.45) is 0 Å². The average Bonchev–Trinajstić information content (AvgIpc) is 3.32. The summed E-state index contributed by atoms with van der Waals surface area (Å²) in [4.78, 5) is 23.4. The number of carboxylic acids is 1. The number of aliphatic carboxylic acids is 1. The van der Waals surface area contributed by atoms with Crippen molar-refractivity contribution in [3.63, 3.8) is 0 Å². The molecule has 1 aliphatic carbocycles. The van der Waals surface area contributed by atoms with Gasteiger partial charge in [0.25, 0.3) is 0 Å². The summed E-state index contributed by atoms with van der Waals surface area (Å²) < 4.78 is 10.7. The molecule has 1 amide bonds. The molecule has 0 bridgehead atoms. The van der Waals surface area contributed by atoms with Crippen molar-refractivity contribution >= 4 is 12.1 Å². The van der Waals surface area contributed by atoms with Crippen LogP contribution in [-0.4, -0.2) is 23.8 Å². The molecule has 1 heterocycles. The van der Waals surface area contributed by atoms with Gasteiger partial charge in [0.15, 0.2) is 0 Å². The summed E-state index contributed by atoms with van der Waals surface area (Å²) >= 11 is 0. The fourth-order valence-corrected chi connectivity index (χ4v) is 3.67. The smallest absolute Gasteiger partial charge is 0.407 e. The third kappa shape index (κ3) is 3.49. The van der Waals surface area contributed by atoms with Gasteiger partial charge in [-0.05, 0) is 34.4 Å². The normalized spacial score (nSPS) is 13.4. The van der Waals surface area contributed by atoms with Gasteiger partial charge in [-0.15, -0.1) is 0 Å². The maximum absolute atomic E-state index is 12.3. The minimum Gasteiger partial charge on any atom is -0.481 e. The Labute approximate surface area is 161 Å². The van der Waals surface area contributed by atoms with Crippen LogP contribution in [0.15, 0.2) is 71.3 Å². The van der Waals surface area contributed by atoms with Crippen LogP contribution < -0.4 is 5.32 Å². The molecule has 0 aliphatic heterocycles. The van der Waals surface area contributed by atoms with Crippen molar-refractivity contribution in [2.45, 2.75) is 18.4 Å². The first-order valence-corrected chi connectivity index (χ1v) is 9.00. The van der Waals surface area contributed by atoms with Crippen LogP contribution in [0.2, 0.25) is 0 Å². The van der Waals surface area contributed by atoms with Crippen molar-refractivity contribution in [1.82, 2.24) is 5.32 Å². The molecule has 4 rings (SSSR count). The Bertz CT molecular complexity index is 950. The van der Waals surface area contributed by atoms with Crippen LogP contribution >= 0.6 is 0 Å². The molecule has 6 nitrogen and oxygen atoms in total. The van der Waals surface area contributed by atoms with E-state index in [-0.39, 0.29) is 18.9 Å². The lowest BCUT2D eigenvalue weighted by atomic mass is 9.98. The highest BCUT2D eigenvalue weighted by Gasteiger charge is 2.29. The highest BCUT2D eigenvalue weighted by atomic mass is 16.5. The number of fused-ring (bicyclic) bond motifs is 3. The Hall–Kier alpha value is -3.54. The van der Waals surface area contributed by atoms with E-state index in [9.17, 15) is 9.59 Å². The molecular formula is C22H19NO5. The molecule has 1 atom stereocenters. The molecule has 0 saturated heterocycles. The number of ether oxygens (including phenoxy) is 1. The minimum atomic E-state index is -1.04. The first-order chi connectivity index (χ1) is 13.6. The van der Waals surface area contributed by atoms with Crippen molar-refractivity contribution < 1.29 is 23.8 Å². The van der Waals surface area contributed by atoms with Crippen molar-refractivity contribution in [2.75, 3.05) is 6.61 Å². The average molecular weight is 377 g/mol. The fourth-order valence-electron chi connectivity index (χ4n) is 3.67. The second kappa shape index (κ2) is 7.60. The van der Waals surface area contributed by atoms with Gasteiger partial charge >= 0.3 is 12.1 Å². The Balaban J connectivity index is 1.47. The van der Waals surface area contributed by atoms with Gasteiger partial charge in [-0.3, -0.25) is 4.79 Å². The predicted octanol–water partition coefficient (Wildman–Crippen LogP) is 4.33. The van der Waals surface area contributed by atoms with Gasteiger partial charge in [-0.2, -0.15) is 0 Å². The third-order valence-corrected chi connectivity index (χ3v) is 4.90. The molecule has 2 N–H and O–H groups in total. The number of carbonyl (C=O) groups excluding carboxylic acids is 1. The predicted molar refractivity (Wildman–Crippen MR) is 102 cm³/mol. The first-order valence-electron chi connectivity index (χ1n) is 9.00. The number of rotatable bonds is 6. The molecule has 0 spiro atoms. The largest absolute Gasteiger partial charge is 0.481 e. The molecule has 0 saturated carbocycles. The Morgan fingerprint density at radius 3 is 2.21 bits per heavy atom. The van der Waals surface area contributed by atoms with Crippen molar-refractivity contribution in [3.8, 4) is 11.1 Å². The molecule has 0 radical (unpaired) electrons. The second-order valence-electron chi connectivity index (χ2n) is 6.64. The Morgan fingerprint density at radius 1 is 1.00 bits per heavy atom. The highest BCUT2D eigenvalue weighted by molar-refractivity contribution is 5.79. The number of benzene rings is 2. The van der Waals surface area contributed by atoms with Gasteiger partial charge in [-0.1, -0.05) is 48.5 Å². The monoisotopic (exact) mass is 377 g/mol. The zero-order valence-corrected chi connectivity index (χ0v) is 15.0. The molecule has 28 heavy (non-hydrogen) atoms. The standard InChI is InChI=1S/C22H19NO5/c24-21(25)12-19(20-10-5-11-27-20)23-22(26)28-13-18-16-8-3-1-6-14(16)15-7-2-4-9-17(15)18/h1-11,18-19H,12-13H2,(H,23,26)(H,24,25)/t19-/m1/s1. The zero-order chi connectivity index (χ0) is 19.5. The number of hydrogen-bond acceptors (Lipinski definition) is 4. The molecule has 2 aromatic carbocycles. The number of alkyl carbamates (subject to hydrolysis) is 1. The summed E-state index contributed by atoms with van der Waals surface area (Å²) in [6, 6.07) is 18.6. The lowest BCUT2D eigenvalue weighted by Crippen LogP contribution is -2.31. The first kappa shape index (κ1) is 17.9. The molecule has 3 aromatic rings. The van der Waals surface area contributed by atoms with Crippen LogP contribution in [0.25, 0.3) is 11.1 Å². The Kier molecular flexibility index (Phi) is 4.85. The van der Waals surface area contributed by atoms with Gasteiger partial charge < -0.3 is 19.6 Å². The summed E-state index contributed by atoms with van der Waals surface area (Å²) in [5.74, 6) is -0.726. The van der Waals surface area contributed by atoms with E-state index in [0.29, 0.717) is 5.76 Å². The van der Waals surface area contributed by atoms with Crippen LogP contribution in [0, 0.1) is 0 Å².